The summed E-state index contributed by atoms with van der Waals surface area (Å²) in [5, 5.41) is 3.41. The van der Waals surface area contributed by atoms with Gasteiger partial charge in [-0.2, -0.15) is 0 Å². The molecule has 0 aromatic rings. The lowest BCUT2D eigenvalue weighted by Crippen LogP contribution is -2.56. The molecule has 1 N–H and O–H groups in total. The third-order valence-electron chi connectivity index (χ3n) is 3.05. The predicted molar refractivity (Wildman–Crippen MR) is 46.5 cm³/mol. The first-order chi connectivity index (χ1) is 5.79. The maximum absolute atomic E-state index is 11.6. The molecule has 1 saturated carbocycles. The van der Waals surface area contributed by atoms with E-state index in [1.165, 1.54) is 19.3 Å². The van der Waals surface area contributed by atoms with Gasteiger partial charge in [-0.05, 0) is 12.8 Å². The molecule has 3 nitrogen and oxygen atoms in total. The van der Waals surface area contributed by atoms with Crippen molar-refractivity contribution in [2.45, 2.75) is 31.7 Å². The highest BCUT2D eigenvalue weighted by Crippen LogP contribution is 2.27. The molecule has 1 heterocycles. The summed E-state index contributed by atoms with van der Waals surface area (Å²) in [5.74, 6) is 0.621. The van der Waals surface area contributed by atoms with E-state index in [2.05, 4.69) is 5.32 Å². The van der Waals surface area contributed by atoms with Crippen LogP contribution in [0.25, 0.3) is 0 Å². The second kappa shape index (κ2) is 3.05. The van der Waals surface area contributed by atoms with E-state index in [0.29, 0.717) is 11.9 Å². The molecule has 12 heavy (non-hydrogen) atoms. The molecule has 0 aromatic heterocycles. The Kier molecular flexibility index (Phi) is 2.05. The standard InChI is InChI=1S/C9H16N2O/c1-11-6-10-8-5-3-2-4-7(8)9(11)12/h7-8,10H,2-6H2,1H3. The third-order valence-corrected chi connectivity index (χ3v) is 3.05. The summed E-state index contributed by atoms with van der Waals surface area (Å²) < 4.78 is 0. The van der Waals surface area contributed by atoms with Crippen LogP contribution >= 0.6 is 0 Å². The van der Waals surface area contributed by atoms with E-state index < -0.39 is 0 Å². The lowest BCUT2D eigenvalue weighted by Gasteiger charge is -2.39. The number of fused-ring (bicyclic) bond motifs is 1. The van der Waals surface area contributed by atoms with Crippen molar-refractivity contribution in [2.75, 3.05) is 13.7 Å². The fourth-order valence-corrected chi connectivity index (χ4v) is 2.29. The number of nitrogens with one attached hydrogen (secondary N) is 1. The van der Waals surface area contributed by atoms with Crippen molar-refractivity contribution in [3.8, 4) is 0 Å². The van der Waals surface area contributed by atoms with Crippen molar-refractivity contribution in [1.29, 1.82) is 0 Å². The summed E-state index contributed by atoms with van der Waals surface area (Å²) in [4.78, 5) is 13.4. The largest absolute Gasteiger partial charge is 0.333 e. The zero-order valence-corrected chi connectivity index (χ0v) is 7.55. The molecule has 2 rings (SSSR count). The second-order valence-electron chi connectivity index (χ2n) is 3.90. The molecular formula is C9H16N2O. The highest BCUT2D eigenvalue weighted by Gasteiger charge is 2.35. The van der Waals surface area contributed by atoms with Crippen LogP contribution in [-0.4, -0.2) is 30.6 Å². The van der Waals surface area contributed by atoms with Gasteiger partial charge < -0.3 is 4.90 Å². The number of hydrogen-bond donors (Lipinski definition) is 1. The van der Waals surface area contributed by atoms with Crippen LogP contribution in [0, 0.1) is 5.92 Å². The van der Waals surface area contributed by atoms with Gasteiger partial charge in [-0.3, -0.25) is 10.1 Å². The Bertz CT molecular complexity index is 193. The van der Waals surface area contributed by atoms with Crippen LogP contribution in [0.5, 0.6) is 0 Å². The smallest absolute Gasteiger partial charge is 0.228 e. The summed E-state index contributed by atoms with van der Waals surface area (Å²) in [6.07, 6.45) is 4.78. The Morgan fingerprint density at radius 3 is 3.00 bits per heavy atom. The first-order valence-electron chi connectivity index (χ1n) is 4.77. The number of carbonyl (C=O) groups excluding carboxylic acids is 1. The van der Waals surface area contributed by atoms with Crippen molar-refractivity contribution >= 4 is 5.91 Å². The molecule has 0 spiro atoms. The van der Waals surface area contributed by atoms with Crippen LogP contribution in [-0.2, 0) is 4.79 Å². The van der Waals surface area contributed by atoms with Gasteiger partial charge in [0.15, 0.2) is 0 Å². The van der Waals surface area contributed by atoms with Crippen LogP contribution in [0.15, 0.2) is 0 Å². The molecule has 2 atom stereocenters. The first-order valence-corrected chi connectivity index (χ1v) is 4.77. The molecule has 0 bridgehead atoms. The Balaban J connectivity index is 2.08. The molecule has 1 aliphatic heterocycles. The summed E-state index contributed by atoms with van der Waals surface area (Å²) in [7, 11) is 1.88. The van der Waals surface area contributed by atoms with Gasteiger partial charge in [0.25, 0.3) is 0 Å². The van der Waals surface area contributed by atoms with Crippen molar-refractivity contribution in [2.24, 2.45) is 5.92 Å². The van der Waals surface area contributed by atoms with Crippen molar-refractivity contribution in [1.82, 2.24) is 10.2 Å². The predicted octanol–water partition coefficient (Wildman–Crippen LogP) is 0.564. The van der Waals surface area contributed by atoms with E-state index >= 15 is 0 Å². The van der Waals surface area contributed by atoms with E-state index in [9.17, 15) is 4.79 Å². The molecular weight excluding hydrogens is 152 g/mol. The van der Waals surface area contributed by atoms with Gasteiger partial charge in [0.1, 0.15) is 0 Å². The summed E-state index contributed by atoms with van der Waals surface area (Å²) in [5.41, 5.74) is 0. The quantitative estimate of drug-likeness (QED) is 0.573. The Labute approximate surface area is 73.1 Å². The molecule has 3 heteroatoms. The maximum Gasteiger partial charge on any atom is 0.228 e. The molecule has 0 radical (unpaired) electrons. The van der Waals surface area contributed by atoms with Crippen molar-refractivity contribution in [3.05, 3.63) is 0 Å². The Morgan fingerprint density at radius 2 is 2.17 bits per heavy atom. The average Bonchev–Trinajstić information content (AvgIpc) is 2.12. The average molecular weight is 168 g/mol. The molecule has 1 amide bonds. The Hall–Kier alpha value is -0.570. The van der Waals surface area contributed by atoms with Gasteiger partial charge in [0.05, 0.1) is 12.6 Å². The molecule has 2 unspecified atom stereocenters. The number of carbonyl (C=O) groups is 1. The minimum Gasteiger partial charge on any atom is -0.333 e. The first kappa shape index (κ1) is 8.05. The van der Waals surface area contributed by atoms with Gasteiger partial charge in [-0.25, -0.2) is 0 Å². The third kappa shape index (κ3) is 1.22. The Morgan fingerprint density at radius 1 is 1.42 bits per heavy atom. The number of rotatable bonds is 0. The number of amides is 1. The summed E-state index contributed by atoms with van der Waals surface area (Å²) >= 11 is 0. The summed E-state index contributed by atoms with van der Waals surface area (Å²) in [6.45, 7) is 0.736. The van der Waals surface area contributed by atoms with Gasteiger partial charge in [-0.15, -0.1) is 0 Å². The zero-order valence-electron chi connectivity index (χ0n) is 7.55. The molecule has 2 aliphatic rings. The molecule has 1 aliphatic carbocycles. The van der Waals surface area contributed by atoms with Gasteiger partial charge in [0.2, 0.25) is 5.91 Å². The van der Waals surface area contributed by atoms with Crippen LogP contribution in [0.1, 0.15) is 25.7 Å². The molecule has 1 saturated heterocycles. The van der Waals surface area contributed by atoms with Crippen LogP contribution in [0.2, 0.25) is 0 Å². The van der Waals surface area contributed by atoms with E-state index in [0.717, 1.165) is 13.1 Å². The maximum atomic E-state index is 11.6. The monoisotopic (exact) mass is 168 g/mol. The van der Waals surface area contributed by atoms with Crippen LogP contribution in [0.4, 0.5) is 0 Å². The van der Waals surface area contributed by atoms with Crippen molar-refractivity contribution in [3.63, 3.8) is 0 Å². The number of nitrogens with zero attached hydrogens (tertiary/aromatic N) is 1. The van der Waals surface area contributed by atoms with Gasteiger partial charge in [-0.1, -0.05) is 12.8 Å². The lowest BCUT2D eigenvalue weighted by molar-refractivity contribution is -0.140. The molecule has 68 valence electrons. The van der Waals surface area contributed by atoms with E-state index in [1.54, 1.807) is 4.90 Å². The minimum atomic E-state index is 0.275. The topological polar surface area (TPSA) is 32.3 Å². The highest BCUT2D eigenvalue weighted by atomic mass is 16.2. The normalized spacial score (nSPS) is 36.4. The highest BCUT2D eigenvalue weighted by molar-refractivity contribution is 5.80. The second-order valence-corrected chi connectivity index (χ2v) is 3.90. The molecule has 0 aromatic carbocycles. The fraction of sp³-hybridized carbons (Fsp3) is 0.889. The SMILES string of the molecule is CN1CNC2CCCCC2C1=O. The van der Waals surface area contributed by atoms with Gasteiger partial charge in [0, 0.05) is 13.1 Å². The van der Waals surface area contributed by atoms with Crippen molar-refractivity contribution < 1.29 is 4.79 Å². The van der Waals surface area contributed by atoms with Crippen LogP contribution < -0.4 is 5.32 Å². The van der Waals surface area contributed by atoms with E-state index in [4.69, 9.17) is 0 Å². The fourth-order valence-electron chi connectivity index (χ4n) is 2.29. The van der Waals surface area contributed by atoms with E-state index in [1.807, 2.05) is 7.05 Å². The summed E-state index contributed by atoms with van der Waals surface area (Å²) in [6, 6.07) is 0.474. The molecule has 2 fully saturated rings. The van der Waals surface area contributed by atoms with Crippen LogP contribution in [0.3, 0.4) is 0 Å². The minimum absolute atomic E-state index is 0.275. The lowest BCUT2D eigenvalue weighted by atomic mass is 9.82. The van der Waals surface area contributed by atoms with Gasteiger partial charge >= 0.3 is 0 Å². The van der Waals surface area contributed by atoms with E-state index in [-0.39, 0.29) is 5.92 Å². The zero-order chi connectivity index (χ0) is 8.55. The number of hydrogen-bond acceptors (Lipinski definition) is 2.